The third-order valence-electron chi connectivity index (χ3n) is 1.05. The maximum absolute atomic E-state index is 4.23. The SMILES string of the molecule is Sc1c(Br)ccc(Br)c1S. The van der Waals surface area contributed by atoms with Crippen LogP contribution in [0.4, 0.5) is 0 Å². The summed E-state index contributed by atoms with van der Waals surface area (Å²) in [6.07, 6.45) is 0. The van der Waals surface area contributed by atoms with E-state index in [2.05, 4.69) is 57.1 Å². The van der Waals surface area contributed by atoms with Crippen molar-refractivity contribution in [2.75, 3.05) is 0 Å². The Labute approximate surface area is 87.5 Å². The summed E-state index contributed by atoms with van der Waals surface area (Å²) in [5.74, 6) is 0. The Morgan fingerprint density at radius 2 is 1.20 bits per heavy atom. The van der Waals surface area contributed by atoms with E-state index < -0.39 is 0 Å². The van der Waals surface area contributed by atoms with Crippen molar-refractivity contribution >= 4 is 57.1 Å². The Kier molecular flexibility index (Phi) is 3.16. The van der Waals surface area contributed by atoms with Gasteiger partial charge < -0.3 is 0 Å². The minimum Gasteiger partial charge on any atom is -0.141 e. The van der Waals surface area contributed by atoms with Crippen LogP contribution in [0.25, 0.3) is 0 Å². The molecule has 4 heteroatoms. The van der Waals surface area contributed by atoms with Crippen LogP contribution in [0.5, 0.6) is 0 Å². The van der Waals surface area contributed by atoms with Crippen LogP contribution >= 0.6 is 57.1 Å². The van der Waals surface area contributed by atoms with Crippen molar-refractivity contribution < 1.29 is 0 Å². The van der Waals surface area contributed by atoms with Crippen LogP contribution in [0, 0.1) is 0 Å². The van der Waals surface area contributed by atoms with Gasteiger partial charge in [-0.3, -0.25) is 0 Å². The molecule has 0 aliphatic heterocycles. The molecule has 1 aromatic carbocycles. The van der Waals surface area contributed by atoms with Crippen LogP contribution in [0.1, 0.15) is 0 Å². The van der Waals surface area contributed by atoms with E-state index in [1.54, 1.807) is 0 Å². The van der Waals surface area contributed by atoms with E-state index in [4.69, 9.17) is 0 Å². The summed E-state index contributed by atoms with van der Waals surface area (Å²) in [5.41, 5.74) is 0. The summed E-state index contributed by atoms with van der Waals surface area (Å²) < 4.78 is 1.92. The molecule has 0 atom stereocenters. The Morgan fingerprint density at radius 1 is 0.900 bits per heavy atom. The number of thiol groups is 2. The minimum absolute atomic E-state index is 0.859. The van der Waals surface area contributed by atoms with Gasteiger partial charge in [0, 0.05) is 18.7 Å². The standard InChI is InChI=1S/C6H4Br2S2/c7-3-1-2-4(8)6(10)5(3)9/h1-2,9-10H. The van der Waals surface area contributed by atoms with Gasteiger partial charge in [-0.25, -0.2) is 0 Å². The maximum atomic E-state index is 4.23. The first-order valence-electron chi connectivity index (χ1n) is 2.49. The fourth-order valence-corrected chi connectivity index (χ4v) is 1.89. The molecule has 0 N–H and O–H groups in total. The average molecular weight is 300 g/mol. The summed E-state index contributed by atoms with van der Waals surface area (Å²) in [6.45, 7) is 0. The molecule has 0 heterocycles. The second kappa shape index (κ2) is 3.52. The van der Waals surface area contributed by atoms with Crippen LogP contribution < -0.4 is 0 Å². The van der Waals surface area contributed by atoms with Crippen LogP contribution in [-0.4, -0.2) is 0 Å². The molecule has 0 saturated heterocycles. The molecule has 0 aliphatic rings. The maximum Gasteiger partial charge on any atom is 0.0328 e. The molecule has 0 radical (unpaired) electrons. The molecule has 1 aromatic rings. The Bertz CT molecular complexity index is 233. The van der Waals surface area contributed by atoms with Crippen molar-refractivity contribution in [3.63, 3.8) is 0 Å². The monoisotopic (exact) mass is 298 g/mol. The lowest BCUT2D eigenvalue weighted by molar-refractivity contribution is 1.21. The van der Waals surface area contributed by atoms with Gasteiger partial charge in [0.2, 0.25) is 0 Å². The van der Waals surface area contributed by atoms with Gasteiger partial charge in [-0.1, -0.05) is 0 Å². The van der Waals surface area contributed by atoms with Crippen molar-refractivity contribution in [1.82, 2.24) is 0 Å². The van der Waals surface area contributed by atoms with E-state index in [1.807, 2.05) is 12.1 Å². The highest BCUT2D eigenvalue weighted by atomic mass is 79.9. The summed E-state index contributed by atoms with van der Waals surface area (Å²) in [5, 5.41) is 0. The molecule has 0 unspecified atom stereocenters. The summed E-state index contributed by atoms with van der Waals surface area (Å²) in [6, 6.07) is 3.85. The van der Waals surface area contributed by atoms with Gasteiger partial charge in [-0.2, -0.15) is 0 Å². The number of hydrogen-bond donors (Lipinski definition) is 2. The van der Waals surface area contributed by atoms with E-state index in [0.717, 1.165) is 18.7 Å². The van der Waals surface area contributed by atoms with Gasteiger partial charge in [0.25, 0.3) is 0 Å². The van der Waals surface area contributed by atoms with Crippen LogP contribution in [-0.2, 0) is 0 Å². The van der Waals surface area contributed by atoms with Gasteiger partial charge >= 0.3 is 0 Å². The second-order valence-electron chi connectivity index (χ2n) is 1.73. The Balaban J connectivity index is 3.34. The lowest BCUT2D eigenvalue weighted by Gasteiger charge is -2.01. The fourth-order valence-electron chi connectivity index (χ4n) is 0.530. The van der Waals surface area contributed by atoms with Crippen molar-refractivity contribution in [2.45, 2.75) is 9.79 Å². The van der Waals surface area contributed by atoms with Gasteiger partial charge in [-0.05, 0) is 44.0 Å². The molecular formula is C6H4Br2S2. The average Bonchev–Trinajstić information content (AvgIpc) is 1.93. The molecule has 54 valence electrons. The van der Waals surface area contributed by atoms with Crippen LogP contribution in [0.3, 0.4) is 0 Å². The van der Waals surface area contributed by atoms with Crippen molar-refractivity contribution in [2.24, 2.45) is 0 Å². The van der Waals surface area contributed by atoms with Crippen molar-refractivity contribution in [3.05, 3.63) is 21.1 Å². The third-order valence-corrected chi connectivity index (χ3v) is 4.09. The van der Waals surface area contributed by atoms with Gasteiger partial charge in [-0.15, -0.1) is 25.3 Å². The molecule has 0 nitrogen and oxygen atoms in total. The number of halogens is 2. The summed E-state index contributed by atoms with van der Waals surface area (Å²) in [4.78, 5) is 1.72. The molecule has 10 heavy (non-hydrogen) atoms. The zero-order chi connectivity index (χ0) is 7.72. The smallest absolute Gasteiger partial charge is 0.0328 e. The quantitative estimate of drug-likeness (QED) is 0.669. The van der Waals surface area contributed by atoms with Gasteiger partial charge in [0.1, 0.15) is 0 Å². The first-order valence-corrected chi connectivity index (χ1v) is 4.97. The molecule has 1 rings (SSSR count). The molecule has 0 aliphatic carbocycles. The Morgan fingerprint density at radius 3 is 1.50 bits per heavy atom. The molecule has 0 amide bonds. The van der Waals surface area contributed by atoms with E-state index in [1.165, 1.54) is 0 Å². The predicted molar refractivity (Wildman–Crippen MR) is 56.3 cm³/mol. The first kappa shape index (κ1) is 8.97. The lowest BCUT2D eigenvalue weighted by atomic mass is 10.4. The van der Waals surface area contributed by atoms with Crippen molar-refractivity contribution in [3.8, 4) is 0 Å². The minimum atomic E-state index is 0.859. The topological polar surface area (TPSA) is 0 Å². The van der Waals surface area contributed by atoms with Crippen LogP contribution in [0.15, 0.2) is 30.9 Å². The molecule has 0 aromatic heterocycles. The second-order valence-corrected chi connectivity index (χ2v) is 4.33. The van der Waals surface area contributed by atoms with Gasteiger partial charge in [0.15, 0.2) is 0 Å². The lowest BCUT2D eigenvalue weighted by Crippen LogP contribution is -1.75. The molecule has 0 bridgehead atoms. The molecular weight excluding hydrogens is 296 g/mol. The fraction of sp³-hybridized carbons (Fsp3) is 0. The van der Waals surface area contributed by atoms with Gasteiger partial charge in [0.05, 0.1) is 0 Å². The summed E-state index contributed by atoms with van der Waals surface area (Å²) >= 11 is 15.1. The highest BCUT2D eigenvalue weighted by Crippen LogP contribution is 2.32. The molecule has 0 fully saturated rings. The van der Waals surface area contributed by atoms with E-state index in [-0.39, 0.29) is 0 Å². The highest BCUT2D eigenvalue weighted by Gasteiger charge is 2.02. The molecule has 0 saturated carbocycles. The normalized spacial score (nSPS) is 10.0. The van der Waals surface area contributed by atoms with Crippen molar-refractivity contribution in [1.29, 1.82) is 0 Å². The summed E-state index contributed by atoms with van der Waals surface area (Å²) in [7, 11) is 0. The molecule has 0 spiro atoms. The first-order chi connectivity index (χ1) is 4.63. The van der Waals surface area contributed by atoms with E-state index in [9.17, 15) is 0 Å². The Hall–Kier alpha value is 0.880. The zero-order valence-electron chi connectivity index (χ0n) is 4.81. The van der Waals surface area contributed by atoms with Crippen LogP contribution in [0.2, 0.25) is 0 Å². The van der Waals surface area contributed by atoms with E-state index in [0.29, 0.717) is 0 Å². The highest BCUT2D eigenvalue weighted by molar-refractivity contribution is 9.11. The third kappa shape index (κ3) is 1.72. The number of hydrogen-bond acceptors (Lipinski definition) is 2. The number of rotatable bonds is 0. The largest absolute Gasteiger partial charge is 0.141 e. The number of benzene rings is 1. The predicted octanol–water partition coefficient (Wildman–Crippen LogP) is 3.79. The zero-order valence-corrected chi connectivity index (χ0v) is 9.77. The van der Waals surface area contributed by atoms with E-state index >= 15 is 0 Å².